The van der Waals surface area contributed by atoms with Gasteiger partial charge in [-0.2, -0.15) is 0 Å². The molecule has 0 spiro atoms. The van der Waals surface area contributed by atoms with Crippen LogP contribution in [0.15, 0.2) is 36.4 Å². The van der Waals surface area contributed by atoms with Gasteiger partial charge in [-0.05, 0) is 43.2 Å². The van der Waals surface area contributed by atoms with Crippen LogP contribution in [0, 0.1) is 13.8 Å². The van der Waals surface area contributed by atoms with Crippen LogP contribution in [-0.4, -0.2) is 33.3 Å². The van der Waals surface area contributed by atoms with Crippen molar-refractivity contribution in [3.63, 3.8) is 0 Å². The Labute approximate surface area is 142 Å². The lowest BCUT2D eigenvalue weighted by molar-refractivity contribution is 0.0946. The Kier molecular flexibility index (Phi) is 6.07. The zero-order valence-corrected chi connectivity index (χ0v) is 14.5. The number of hydrogen-bond donors (Lipinski definition) is 1. The van der Waals surface area contributed by atoms with Crippen molar-refractivity contribution in [3.8, 4) is 17.2 Å². The van der Waals surface area contributed by atoms with Crippen LogP contribution in [0.1, 0.15) is 21.5 Å². The summed E-state index contributed by atoms with van der Waals surface area (Å²) in [4.78, 5) is 12.2. The lowest BCUT2D eigenvalue weighted by atomic mass is 10.1. The van der Waals surface area contributed by atoms with E-state index in [1.54, 1.807) is 25.3 Å². The second-order valence-corrected chi connectivity index (χ2v) is 5.40. The molecule has 0 aromatic heterocycles. The lowest BCUT2D eigenvalue weighted by Gasteiger charge is -2.13. The number of benzene rings is 2. The monoisotopic (exact) mass is 329 g/mol. The third-order valence-corrected chi connectivity index (χ3v) is 3.69. The predicted molar refractivity (Wildman–Crippen MR) is 93.3 cm³/mol. The first-order valence-corrected chi connectivity index (χ1v) is 7.76. The minimum absolute atomic E-state index is 0.180. The lowest BCUT2D eigenvalue weighted by Crippen LogP contribution is -2.28. The van der Waals surface area contributed by atoms with Gasteiger partial charge in [-0.15, -0.1) is 0 Å². The number of carbonyl (C=O) groups excluding carboxylic acids is 1. The van der Waals surface area contributed by atoms with E-state index in [1.165, 1.54) is 7.11 Å². The molecule has 0 saturated heterocycles. The normalized spacial score (nSPS) is 10.2. The number of nitrogens with one attached hydrogen (secondary N) is 1. The van der Waals surface area contributed by atoms with E-state index in [0.29, 0.717) is 30.2 Å². The smallest absolute Gasteiger partial charge is 0.251 e. The molecule has 0 aliphatic rings. The Morgan fingerprint density at radius 3 is 2.29 bits per heavy atom. The molecule has 1 amide bonds. The zero-order valence-electron chi connectivity index (χ0n) is 14.5. The molecular weight excluding hydrogens is 306 g/mol. The summed E-state index contributed by atoms with van der Waals surface area (Å²) in [5.74, 6) is 1.81. The van der Waals surface area contributed by atoms with Crippen molar-refractivity contribution >= 4 is 5.91 Å². The van der Waals surface area contributed by atoms with Gasteiger partial charge in [0, 0.05) is 5.56 Å². The largest absolute Gasteiger partial charge is 0.493 e. The number of methoxy groups -OCH3 is 2. The Balaban J connectivity index is 1.89. The Morgan fingerprint density at radius 2 is 1.67 bits per heavy atom. The maximum absolute atomic E-state index is 12.2. The van der Waals surface area contributed by atoms with Crippen LogP contribution in [-0.2, 0) is 0 Å². The molecule has 0 saturated carbocycles. The third kappa shape index (κ3) is 4.19. The molecule has 0 unspecified atom stereocenters. The Morgan fingerprint density at radius 1 is 1.00 bits per heavy atom. The van der Waals surface area contributed by atoms with Crippen LogP contribution in [0.25, 0.3) is 0 Å². The van der Waals surface area contributed by atoms with Gasteiger partial charge in [0.2, 0.25) is 0 Å². The van der Waals surface area contributed by atoms with E-state index < -0.39 is 0 Å². The molecule has 2 rings (SSSR count). The van der Waals surface area contributed by atoms with Crippen molar-refractivity contribution in [3.05, 3.63) is 53.1 Å². The summed E-state index contributed by atoms with van der Waals surface area (Å²) in [7, 11) is 3.10. The van der Waals surface area contributed by atoms with E-state index in [-0.39, 0.29) is 5.91 Å². The van der Waals surface area contributed by atoms with E-state index in [0.717, 1.165) is 16.9 Å². The summed E-state index contributed by atoms with van der Waals surface area (Å²) in [5.41, 5.74) is 2.68. The van der Waals surface area contributed by atoms with Gasteiger partial charge in [-0.1, -0.05) is 18.2 Å². The van der Waals surface area contributed by atoms with Crippen molar-refractivity contribution in [2.45, 2.75) is 13.8 Å². The average Bonchev–Trinajstić information content (AvgIpc) is 2.59. The highest BCUT2D eigenvalue weighted by molar-refractivity contribution is 5.94. The van der Waals surface area contributed by atoms with Gasteiger partial charge in [0.05, 0.1) is 20.8 Å². The van der Waals surface area contributed by atoms with Gasteiger partial charge in [0.25, 0.3) is 5.91 Å². The first-order valence-electron chi connectivity index (χ1n) is 7.76. The molecule has 1 N–H and O–H groups in total. The molecule has 0 fully saturated rings. The van der Waals surface area contributed by atoms with Crippen molar-refractivity contribution < 1.29 is 19.0 Å². The summed E-state index contributed by atoms with van der Waals surface area (Å²) in [6, 6.07) is 11.1. The molecule has 5 nitrogen and oxygen atoms in total. The molecule has 128 valence electrons. The summed E-state index contributed by atoms with van der Waals surface area (Å²) in [6.07, 6.45) is 0. The molecule has 5 heteroatoms. The topological polar surface area (TPSA) is 56.8 Å². The van der Waals surface area contributed by atoms with E-state index in [2.05, 4.69) is 5.32 Å². The number of hydrogen-bond acceptors (Lipinski definition) is 4. The van der Waals surface area contributed by atoms with Crippen molar-refractivity contribution in [2.75, 3.05) is 27.4 Å². The van der Waals surface area contributed by atoms with Crippen molar-refractivity contribution in [1.82, 2.24) is 5.32 Å². The minimum atomic E-state index is -0.180. The maximum Gasteiger partial charge on any atom is 0.251 e. The van der Waals surface area contributed by atoms with Crippen LogP contribution >= 0.6 is 0 Å². The van der Waals surface area contributed by atoms with Crippen LogP contribution in [0.4, 0.5) is 0 Å². The number of ether oxygens (including phenoxy) is 3. The molecule has 2 aromatic carbocycles. The quantitative estimate of drug-likeness (QED) is 0.793. The van der Waals surface area contributed by atoms with E-state index in [4.69, 9.17) is 14.2 Å². The van der Waals surface area contributed by atoms with Gasteiger partial charge in [-0.3, -0.25) is 4.79 Å². The molecule has 0 aliphatic carbocycles. The molecule has 24 heavy (non-hydrogen) atoms. The number of carbonyl (C=O) groups is 1. The van der Waals surface area contributed by atoms with Crippen LogP contribution in [0.3, 0.4) is 0 Å². The fraction of sp³-hybridized carbons (Fsp3) is 0.316. The maximum atomic E-state index is 12.2. The van der Waals surface area contributed by atoms with Crippen molar-refractivity contribution in [2.24, 2.45) is 0 Å². The standard InChI is InChI=1S/C19H23NO4/c1-13-6-5-7-14(2)18(13)24-11-10-20-19(21)15-8-9-16(22-3)17(12-15)23-4/h5-9,12H,10-11H2,1-4H3,(H,20,21). The first-order chi connectivity index (χ1) is 11.6. The summed E-state index contributed by atoms with van der Waals surface area (Å²) in [5, 5.41) is 2.84. The second-order valence-electron chi connectivity index (χ2n) is 5.40. The molecule has 0 bridgehead atoms. The fourth-order valence-electron chi connectivity index (χ4n) is 2.42. The third-order valence-electron chi connectivity index (χ3n) is 3.69. The number of amides is 1. The highest BCUT2D eigenvalue weighted by Gasteiger charge is 2.10. The SMILES string of the molecule is COc1ccc(C(=O)NCCOc2c(C)cccc2C)cc1OC. The number of aryl methyl sites for hydroxylation is 2. The molecule has 0 atom stereocenters. The average molecular weight is 329 g/mol. The number of para-hydroxylation sites is 1. The first kappa shape index (κ1) is 17.7. The molecular formula is C19H23NO4. The van der Waals surface area contributed by atoms with Gasteiger partial charge >= 0.3 is 0 Å². The Bertz CT molecular complexity index is 692. The highest BCUT2D eigenvalue weighted by Crippen LogP contribution is 2.27. The van der Waals surface area contributed by atoms with Gasteiger partial charge in [0.15, 0.2) is 11.5 Å². The van der Waals surface area contributed by atoms with E-state index in [1.807, 2.05) is 32.0 Å². The zero-order chi connectivity index (χ0) is 17.5. The second kappa shape index (κ2) is 8.24. The van der Waals surface area contributed by atoms with E-state index >= 15 is 0 Å². The molecule has 0 aliphatic heterocycles. The van der Waals surface area contributed by atoms with Crippen molar-refractivity contribution in [1.29, 1.82) is 0 Å². The summed E-state index contributed by atoms with van der Waals surface area (Å²) in [6.45, 7) is 4.83. The number of rotatable bonds is 7. The van der Waals surface area contributed by atoms with Gasteiger partial charge < -0.3 is 19.5 Å². The van der Waals surface area contributed by atoms with Gasteiger partial charge in [0.1, 0.15) is 12.4 Å². The Hall–Kier alpha value is -2.69. The molecule has 2 aromatic rings. The molecule has 0 heterocycles. The van der Waals surface area contributed by atoms with Crippen LogP contribution in [0.2, 0.25) is 0 Å². The van der Waals surface area contributed by atoms with E-state index in [9.17, 15) is 4.79 Å². The van der Waals surface area contributed by atoms with Gasteiger partial charge in [-0.25, -0.2) is 0 Å². The van der Waals surface area contributed by atoms with Crippen LogP contribution in [0.5, 0.6) is 17.2 Å². The summed E-state index contributed by atoms with van der Waals surface area (Å²) >= 11 is 0. The summed E-state index contributed by atoms with van der Waals surface area (Å²) < 4.78 is 16.1. The predicted octanol–water partition coefficient (Wildman–Crippen LogP) is 3.13. The molecule has 0 radical (unpaired) electrons. The minimum Gasteiger partial charge on any atom is -0.493 e. The fourth-order valence-corrected chi connectivity index (χ4v) is 2.42. The van der Waals surface area contributed by atoms with Crippen LogP contribution < -0.4 is 19.5 Å². The highest BCUT2D eigenvalue weighted by atomic mass is 16.5.